The minimum absolute atomic E-state index is 0.0300. The van der Waals surface area contributed by atoms with Crippen LogP contribution in [-0.2, 0) is 6.42 Å². The van der Waals surface area contributed by atoms with Crippen molar-refractivity contribution < 1.29 is 4.79 Å². The lowest BCUT2D eigenvalue weighted by Gasteiger charge is -2.09. The first kappa shape index (κ1) is 11.5. The Morgan fingerprint density at radius 2 is 1.88 bits per heavy atom. The van der Waals surface area contributed by atoms with Crippen LogP contribution in [0.4, 0.5) is 0 Å². The molecule has 1 N–H and O–H groups in total. The van der Waals surface area contributed by atoms with E-state index in [1.807, 2.05) is 13.8 Å². The van der Waals surface area contributed by atoms with E-state index in [1.165, 1.54) is 11.9 Å². The summed E-state index contributed by atoms with van der Waals surface area (Å²) in [6.07, 6.45) is 1.72. The van der Waals surface area contributed by atoms with Crippen molar-refractivity contribution in [2.24, 2.45) is 0 Å². The highest BCUT2D eigenvalue weighted by molar-refractivity contribution is 5.94. The van der Waals surface area contributed by atoms with Crippen molar-refractivity contribution in [3.63, 3.8) is 0 Å². The summed E-state index contributed by atoms with van der Waals surface area (Å²) in [5.74, 6) is 0.293. The predicted molar refractivity (Wildman–Crippen MR) is 65.1 cm³/mol. The number of rotatable bonds is 3. The first-order chi connectivity index (χ1) is 8.08. The van der Waals surface area contributed by atoms with E-state index in [4.69, 9.17) is 0 Å². The summed E-state index contributed by atoms with van der Waals surface area (Å²) in [6.45, 7) is 6.12. The van der Waals surface area contributed by atoms with Gasteiger partial charge in [-0.15, -0.1) is 0 Å². The smallest absolute Gasteiger partial charge is 0.203 e. The number of ketones is 1. The minimum Gasteiger partial charge on any atom is -0.290 e. The molecule has 1 aromatic heterocycles. The van der Waals surface area contributed by atoms with Crippen molar-refractivity contribution in [1.29, 1.82) is 0 Å². The largest absolute Gasteiger partial charge is 0.290 e. The molecular formula is C13H15N3O. The van der Waals surface area contributed by atoms with Crippen molar-refractivity contribution in [3.05, 3.63) is 46.5 Å². The Labute approximate surface area is 100 Å². The van der Waals surface area contributed by atoms with Gasteiger partial charge in [-0.2, -0.15) is 5.10 Å². The molecule has 2 aromatic rings. The number of aromatic nitrogens is 3. The van der Waals surface area contributed by atoms with Crippen LogP contribution in [0.3, 0.4) is 0 Å². The zero-order chi connectivity index (χ0) is 12.4. The Balaban J connectivity index is 2.28. The van der Waals surface area contributed by atoms with E-state index < -0.39 is 0 Å². The summed E-state index contributed by atoms with van der Waals surface area (Å²) in [5, 5.41) is 6.28. The van der Waals surface area contributed by atoms with Gasteiger partial charge in [0.05, 0.1) is 0 Å². The lowest BCUT2D eigenvalue weighted by Crippen LogP contribution is -2.08. The topological polar surface area (TPSA) is 58.6 Å². The van der Waals surface area contributed by atoms with Crippen molar-refractivity contribution in [3.8, 4) is 0 Å². The molecule has 2 rings (SSSR count). The van der Waals surface area contributed by atoms with E-state index in [9.17, 15) is 4.79 Å². The number of aryl methyl sites for hydroxylation is 3. The van der Waals surface area contributed by atoms with Crippen LogP contribution >= 0.6 is 0 Å². The number of carbonyl (C=O) groups excluding carboxylic acids is 1. The number of Topliss-reactive ketones (excluding diaryl/α,β-unsaturated/α-hetero) is 1. The third-order valence-corrected chi connectivity index (χ3v) is 2.86. The molecule has 0 radical (unpaired) electrons. The maximum absolute atomic E-state index is 11.9. The van der Waals surface area contributed by atoms with Crippen LogP contribution < -0.4 is 0 Å². The minimum atomic E-state index is -0.0300. The SMILES string of the molecule is Cc1cc(C)c(CC(=O)c2ncn[nH]2)c(C)c1. The van der Waals surface area contributed by atoms with Crippen LogP contribution in [0.2, 0.25) is 0 Å². The molecule has 0 atom stereocenters. The molecule has 0 saturated carbocycles. The van der Waals surface area contributed by atoms with E-state index in [0.29, 0.717) is 12.2 Å². The van der Waals surface area contributed by atoms with Gasteiger partial charge in [0.1, 0.15) is 6.33 Å². The zero-order valence-electron chi connectivity index (χ0n) is 10.2. The Morgan fingerprint density at radius 3 is 2.41 bits per heavy atom. The fourth-order valence-electron chi connectivity index (χ4n) is 2.07. The molecule has 0 aliphatic heterocycles. The Hall–Kier alpha value is -1.97. The number of hydrogen-bond acceptors (Lipinski definition) is 3. The summed E-state index contributed by atoms with van der Waals surface area (Å²) < 4.78 is 0. The van der Waals surface area contributed by atoms with Crippen LogP contribution in [0, 0.1) is 20.8 Å². The van der Waals surface area contributed by atoms with Gasteiger partial charge in [0.2, 0.25) is 5.78 Å². The van der Waals surface area contributed by atoms with Gasteiger partial charge in [0.25, 0.3) is 0 Å². The van der Waals surface area contributed by atoms with Gasteiger partial charge >= 0.3 is 0 Å². The summed E-state index contributed by atoms with van der Waals surface area (Å²) in [5.41, 5.74) is 4.60. The first-order valence-electron chi connectivity index (χ1n) is 5.53. The van der Waals surface area contributed by atoms with E-state index >= 15 is 0 Å². The number of nitrogens with one attached hydrogen (secondary N) is 1. The second-order valence-corrected chi connectivity index (χ2v) is 4.31. The molecule has 17 heavy (non-hydrogen) atoms. The van der Waals surface area contributed by atoms with Gasteiger partial charge < -0.3 is 0 Å². The van der Waals surface area contributed by atoms with Crippen LogP contribution in [0.15, 0.2) is 18.5 Å². The molecule has 1 heterocycles. The molecule has 0 aliphatic rings. The second kappa shape index (κ2) is 4.49. The second-order valence-electron chi connectivity index (χ2n) is 4.31. The van der Waals surface area contributed by atoms with Crippen LogP contribution in [0.5, 0.6) is 0 Å². The molecule has 4 heteroatoms. The van der Waals surface area contributed by atoms with E-state index in [-0.39, 0.29) is 5.78 Å². The van der Waals surface area contributed by atoms with Gasteiger partial charge in [-0.3, -0.25) is 9.89 Å². The van der Waals surface area contributed by atoms with Gasteiger partial charge in [-0.1, -0.05) is 17.7 Å². The lowest BCUT2D eigenvalue weighted by molar-refractivity contribution is 0.0983. The van der Waals surface area contributed by atoms with Gasteiger partial charge in [0.15, 0.2) is 5.82 Å². The molecule has 4 nitrogen and oxygen atoms in total. The van der Waals surface area contributed by atoms with Crippen molar-refractivity contribution in [2.45, 2.75) is 27.2 Å². The van der Waals surface area contributed by atoms with Gasteiger partial charge in [-0.25, -0.2) is 4.98 Å². The summed E-state index contributed by atoms with van der Waals surface area (Å²) >= 11 is 0. The number of aromatic amines is 1. The molecule has 0 amide bonds. The highest BCUT2D eigenvalue weighted by atomic mass is 16.1. The fraction of sp³-hybridized carbons (Fsp3) is 0.308. The molecule has 0 bridgehead atoms. The molecule has 88 valence electrons. The molecule has 1 aromatic carbocycles. The van der Waals surface area contributed by atoms with Crippen molar-refractivity contribution >= 4 is 5.78 Å². The summed E-state index contributed by atoms with van der Waals surface area (Å²) in [6, 6.07) is 4.19. The van der Waals surface area contributed by atoms with Crippen LogP contribution in [0.1, 0.15) is 32.9 Å². The number of nitrogens with zero attached hydrogens (tertiary/aromatic N) is 2. The monoisotopic (exact) mass is 229 g/mol. The third-order valence-electron chi connectivity index (χ3n) is 2.86. The van der Waals surface area contributed by atoms with Gasteiger partial charge in [-0.05, 0) is 37.5 Å². The fourth-order valence-corrected chi connectivity index (χ4v) is 2.07. The highest BCUT2D eigenvalue weighted by Gasteiger charge is 2.13. The summed E-state index contributed by atoms with van der Waals surface area (Å²) in [4.78, 5) is 15.8. The first-order valence-corrected chi connectivity index (χ1v) is 5.53. The maximum atomic E-state index is 11.9. The lowest BCUT2D eigenvalue weighted by atomic mass is 9.96. The van der Waals surface area contributed by atoms with Crippen molar-refractivity contribution in [1.82, 2.24) is 15.2 Å². The molecule has 0 saturated heterocycles. The zero-order valence-corrected chi connectivity index (χ0v) is 10.2. The standard InChI is InChI=1S/C13H15N3O/c1-8-4-9(2)11(10(3)5-8)6-12(17)13-14-7-15-16-13/h4-5,7H,6H2,1-3H3,(H,14,15,16). The third kappa shape index (κ3) is 2.41. The molecular weight excluding hydrogens is 214 g/mol. The van der Waals surface area contributed by atoms with E-state index in [0.717, 1.165) is 16.7 Å². The Bertz CT molecular complexity index is 521. The van der Waals surface area contributed by atoms with Gasteiger partial charge in [0, 0.05) is 6.42 Å². The quantitative estimate of drug-likeness (QED) is 0.820. The predicted octanol–water partition coefficient (Wildman–Crippen LogP) is 2.16. The highest BCUT2D eigenvalue weighted by Crippen LogP contribution is 2.17. The normalized spacial score (nSPS) is 10.5. The van der Waals surface area contributed by atoms with Crippen LogP contribution in [-0.4, -0.2) is 21.0 Å². The maximum Gasteiger partial charge on any atom is 0.203 e. The van der Waals surface area contributed by atoms with Crippen LogP contribution in [0.25, 0.3) is 0 Å². The molecule has 0 aliphatic carbocycles. The molecule has 0 unspecified atom stereocenters. The van der Waals surface area contributed by atoms with Crippen molar-refractivity contribution in [2.75, 3.05) is 0 Å². The number of hydrogen-bond donors (Lipinski definition) is 1. The average Bonchev–Trinajstić information content (AvgIpc) is 2.76. The Kier molecular flexibility index (Phi) is 3.04. The van der Waals surface area contributed by atoms with E-state index in [2.05, 4.69) is 34.2 Å². The molecule has 0 fully saturated rings. The number of carbonyl (C=O) groups is 1. The molecule has 0 spiro atoms. The number of benzene rings is 1. The van der Waals surface area contributed by atoms with E-state index in [1.54, 1.807) is 0 Å². The Morgan fingerprint density at radius 1 is 1.24 bits per heavy atom. The number of H-pyrrole nitrogens is 1. The summed E-state index contributed by atoms with van der Waals surface area (Å²) in [7, 11) is 0. The average molecular weight is 229 g/mol.